The van der Waals surface area contributed by atoms with Crippen LogP contribution in [0.4, 0.5) is 5.82 Å². The van der Waals surface area contributed by atoms with Gasteiger partial charge in [-0.15, -0.1) is 0 Å². The Morgan fingerprint density at radius 1 is 0.963 bits per heavy atom. The first-order valence-corrected chi connectivity index (χ1v) is 8.44. The largest absolute Gasteiger partial charge is 0.478 e. The average Bonchev–Trinajstić information content (AvgIpc) is 2.72. The Morgan fingerprint density at radius 2 is 1.78 bits per heavy atom. The molecule has 6 heteroatoms. The smallest absolute Gasteiger partial charge is 0.335 e. The molecule has 0 bridgehead atoms. The number of rotatable bonds is 5. The molecule has 2 aromatic carbocycles. The molecule has 0 amide bonds. The highest BCUT2D eigenvalue weighted by molar-refractivity contribution is 5.90. The molecule has 0 saturated heterocycles. The van der Waals surface area contributed by atoms with Crippen molar-refractivity contribution in [1.29, 1.82) is 0 Å². The molecule has 0 unspecified atom stereocenters. The number of carboxylic acid groups (broad SMARTS) is 1. The van der Waals surface area contributed by atoms with E-state index >= 15 is 0 Å². The van der Waals surface area contributed by atoms with Crippen LogP contribution in [0.15, 0.2) is 73.1 Å². The summed E-state index contributed by atoms with van der Waals surface area (Å²) in [5, 5.41) is 13.3. The summed E-state index contributed by atoms with van der Waals surface area (Å²) in [7, 11) is 0. The van der Waals surface area contributed by atoms with Gasteiger partial charge in [-0.05, 0) is 42.0 Å². The van der Waals surface area contributed by atoms with Crippen molar-refractivity contribution in [3.05, 3.63) is 84.2 Å². The standard InChI is InChI=1S/C21H16N4O2/c26-21(27)15-9-7-14(8-10-15)12-23-20-17-5-1-2-6-18(17)24-19(25-20)16-4-3-11-22-13-16/h1-11,13H,12H2,(H,26,27)(H,23,24,25). The summed E-state index contributed by atoms with van der Waals surface area (Å²) >= 11 is 0. The van der Waals surface area contributed by atoms with Crippen LogP contribution in [0.3, 0.4) is 0 Å². The monoisotopic (exact) mass is 356 g/mol. The Kier molecular flexibility index (Phi) is 4.45. The van der Waals surface area contributed by atoms with Gasteiger partial charge < -0.3 is 10.4 Å². The summed E-state index contributed by atoms with van der Waals surface area (Å²) in [6.07, 6.45) is 3.45. The number of aromatic nitrogens is 3. The van der Waals surface area contributed by atoms with E-state index in [1.807, 2.05) is 36.4 Å². The van der Waals surface area contributed by atoms with Crippen LogP contribution in [0, 0.1) is 0 Å². The highest BCUT2D eigenvalue weighted by Crippen LogP contribution is 2.24. The number of aromatic carboxylic acids is 1. The first-order valence-electron chi connectivity index (χ1n) is 8.44. The van der Waals surface area contributed by atoms with Crippen molar-refractivity contribution in [2.75, 3.05) is 5.32 Å². The molecule has 0 radical (unpaired) electrons. The van der Waals surface area contributed by atoms with E-state index in [1.54, 1.807) is 36.7 Å². The fraction of sp³-hybridized carbons (Fsp3) is 0.0476. The van der Waals surface area contributed by atoms with E-state index in [-0.39, 0.29) is 5.56 Å². The molecule has 2 N–H and O–H groups in total. The molecule has 27 heavy (non-hydrogen) atoms. The number of nitrogens with zero attached hydrogens (tertiary/aromatic N) is 3. The quantitative estimate of drug-likeness (QED) is 0.562. The molecule has 2 heterocycles. The van der Waals surface area contributed by atoms with Gasteiger partial charge in [-0.3, -0.25) is 4.98 Å². The number of para-hydroxylation sites is 1. The minimum absolute atomic E-state index is 0.269. The maximum Gasteiger partial charge on any atom is 0.335 e. The molecule has 0 aliphatic carbocycles. The maximum atomic E-state index is 11.0. The first-order chi connectivity index (χ1) is 13.2. The summed E-state index contributed by atoms with van der Waals surface area (Å²) < 4.78 is 0. The lowest BCUT2D eigenvalue weighted by molar-refractivity contribution is 0.0697. The SMILES string of the molecule is O=C(O)c1ccc(CNc2nc(-c3cccnc3)nc3ccccc23)cc1. The van der Waals surface area contributed by atoms with Crippen molar-refractivity contribution < 1.29 is 9.90 Å². The average molecular weight is 356 g/mol. The van der Waals surface area contributed by atoms with Crippen LogP contribution < -0.4 is 5.32 Å². The Morgan fingerprint density at radius 3 is 2.52 bits per heavy atom. The molecule has 0 fully saturated rings. The van der Waals surface area contributed by atoms with E-state index in [0.29, 0.717) is 12.4 Å². The molecule has 4 aromatic rings. The highest BCUT2D eigenvalue weighted by atomic mass is 16.4. The summed E-state index contributed by atoms with van der Waals surface area (Å²) in [6, 6.07) is 18.4. The predicted molar refractivity (Wildman–Crippen MR) is 103 cm³/mol. The van der Waals surface area contributed by atoms with Crippen LogP contribution >= 0.6 is 0 Å². The fourth-order valence-corrected chi connectivity index (χ4v) is 2.79. The number of fused-ring (bicyclic) bond motifs is 1. The van der Waals surface area contributed by atoms with E-state index in [4.69, 9.17) is 5.11 Å². The van der Waals surface area contributed by atoms with E-state index in [1.165, 1.54) is 0 Å². The molecule has 132 valence electrons. The molecule has 0 atom stereocenters. The second-order valence-electron chi connectivity index (χ2n) is 6.01. The summed E-state index contributed by atoms with van der Waals surface area (Å²) in [6.45, 7) is 0.521. The van der Waals surface area contributed by atoms with Crippen molar-refractivity contribution in [2.24, 2.45) is 0 Å². The van der Waals surface area contributed by atoms with Crippen LogP contribution in [0.5, 0.6) is 0 Å². The van der Waals surface area contributed by atoms with Gasteiger partial charge in [0, 0.05) is 29.9 Å². The molecule has 2 aromatic heterocycles. The summed E-state index contributed by atoms with van der Waals surface area (Å²) in [5.41, 5.74) is 2.92. The Bertz CT molecular complexity index is 1100. The molecule has 0 saturated carbocycles. The zero-order chi connectivity index (χ0) is 18.6. The van der Waals surface area contributed by atoms with Gasteiger partial charge in [0.15, 0.2) is 5.82 Å². The minimum Gasteiger partial charge on any atom is -0.478 e. The lowest BCUT2D eigenvalue weighted by Crippen LogP contribution is -2.05. The number of carboxylic acids is 1. The number of nitrogens with one attached hydrogen (secondary N) is 1. The van der Waals surface area contributed by atoms with Crippen LogP contribution in [0.25, 0.3) is 22.3 Å². The number of benzene rings is 2. The van der Waals surface area contributed by atoms with Gasteiger partial charge in [-0.1, -0.05) is 24.3 Å². The zero-order valence-corrected chi connectivity index (χ0v) is 14.3. The molecule has 0 aliphatic rings. The molecule has 6 nitrogen and oxygen atoms in total. The second kappa shape index (κ2) is 7.21. The highest BCUT2D eigenvalue weighted by Gasteiger charge is 2.09. The van der Waals surface area contributed by atoms with Crippen molar-refractivity contribution in [3.8, 4) is 11.4 Å². The summed E-state index contributed by atoms with van der Waals surface area (Å²) in [4.78, 5) is 24.4. The van der Waals surface area contributed by atoms with Gasteiger partial charge in [0.25, 0.3) is 0 Å². The van der Waals surface area contributed by atoms with Gasteiger partial charge in [0.2, 0.25) is 0 Å². The van der Waals surface area contributed by atoms with Crippen molar-refractivity contribution in [2.45, 2.75) is 6.54 Å². The summed E-state index contributed by atoms with van der Waals surface area (Å²) in [5.74, 6) is 0.393. The molecule has 0 spiro atoms. The first kappa shape index (κ1) is 16.7. The normalized spacial score (nSPS) is 10.7. The van der Waals surface area contributed by atoms with Gasteiger partial charge in [0.1, 0.15) is 5.82 Å². The Hall–Kier alpha value is -3.80. The zero-order valence-electron chi connectivity index (χ0n) is 14.3. The fourth-order valence-electron chi connectivity index (χ4n) is 2.79. The van der Waals surface area contributed by atoms with Crippen LogP contribution in [0.2, 0.25) is 0 Å². The Balaban J connectivity index is 1.66. The van der Waals surface area contributed by atoms with Gasteiger partial charge in [-0.2, -0.15) is 0 Å². The van der Waals surface area contributed by atoms with E-state index < -0.39 is 5.97 Å². The predicted octanol–water partition coefficient (Wildman–Crippen LogP) is 4.00. The number of anilines is 1. The molecular weight excluding hydrogens is 340 g/mol. The number of hydrogen-bond donors (Lipinski definition) is 2. The topological polar surface area (TPSA) is 88.0 Å². The van der Waals surface area contributed by atoms with E-state index in [0.717, 1.165) is 27.8 Å². The third-order valence-corrected chi connectivity index (χ3v) is 4.18. The third-order valence-electron chi connectivity index (χ3n) is 4.18. The number of pyridine rings is 1. The van der Waals surface area contributed by atoms with Crippen LogP contribution in [0.1, 0.15) is 15.9 Å². The Labute approximate surface area is 155 Å². The van der Waals surface area contributed by atoms with Gasteiger partial charge >= 0.3 is 5.97 Å². The lowest BCUT2D eigenvalue weighted by Gasteiger charge is -2.11. The molecule has 0 aliphatic heterocycles. The second-order valence-corrected chi connectivity index (χ2v) is 6.01. The van der Waals surface area contributed by atoms with Crippen LogP contribution in [-0.4, -0.2) is 26.0 Å². The van der Waals surface area contributed by atoms with Crippen LogP contribution in [-0.2, 0) is 6.54 Å². The lowest BCUT2D eigenvalue weighted by atomic mass is 10.1. The third kappa shape index (κ3) is 3.59. The molecular formula is C21H16N4O2. The molecule has 4 rings (SSSR count). The number of carbonyl (C=O) groups is 1. The van der Waals surface area contributed by atoms with E-state index in [9.17, 15) is 4.79 Å². The van der Waals surface area contributed by atoms with Crippen molar-refractivity contribution >= 4 is 22.7 Å². The maximum absolute atomic E-state index is 11.0. The van der Waals surface area contributed by atoms with Crippen molar-refractivity contribution in [3.63, 3.8) is 0 Å². The van der Waals surface area contributed by atoms with E-state index in [2.05, 4.69) is 20.3 Å². The minimum atomic E-state index is -0.933. The van der Waals surface area contributed by atoms with Crippen molar-refractivity contribution in [1.82, 2.24) is 15.0 Å². The number of hydrogen-bond acceptors (Lipinski definition) is 5. The van der Waals surface area contributed by atoms with Gasteiger partial charge in [-0.25, -0.2) is 14.8 Å². The van der Waals surface area contributed by atoms with Gasteiger partial charge in [0.05, 0.1) is 11.1 Å².